The molecule has 0 saturated heterocycles. The Morgan fingerprint density at radius 1 is 1.35 bits per heavy atom. The maximum atomic E-state index is 12.4. The topological polar surface area (TPSA) is 66.6 Å². The van der Waals surface area contributed by atoms with Crippen LogP contribution in [-0.2, 0) is 11.3 Å². The number of aromatic hydroxyl groups is 1. The summed E-state index contributed by atoms with van der Waals surface area (Å²) in [5.41, 5.74) is 6.56. The summed E-state index contributed by atoms with van der Waals surface area (Å²) in [4.78, 5) is 14.1. The number of para-hydroxylation sites is 1. The average Bonchev–Trinajstić information content (AvgIpc) is 2.36. The molecule has 1 atom stereocenters. The summed E-state index contributed by atoms with van der Waals surface area (Å²) in [5.74, 6) is 0.0730. The van der Waals surface area contributed by atoms with Crippen LogP contribution in [-0.4, -0.2) is 29.5 Å². The smallest absolute Gasteiger partial charge is 0.227 e. The zero-order chi connectivity index (χ0) is 15.3. The summed E-state index contributed by atoms with van der Waals surface area (Å²) in [7, 11) is 1.75. The number of benzene rings is 1. The lowest BCUT2D eigenvalue weighted by atomic mass is 9.84. The Balaban J connectivity index is 2.73. The predicted octanol–water partition coefficient (Wildman–Crippen LogP) is 2.36. The molecule has 4 nitrogen and oxygen atoms in total. The molecule has 1 aromatic carbocycles. The zero-order valence-electron chi connectivity index (χ0n) is 12.9. The van der Waals surface area contributed by atoms with Crippen molar-refractivity contribution in [3.63, 3.8) is 0 Å². The van der Waals surface area contributed by atoms with Gasteiger partial charge in [-0.1, -0.05) is 39.0 Å². The first-order chi connectivity index (χ1) is 9.24. The molecule has 1 aromatic rings. The van der Waals surface area contributed by atoms with Crippen molar-refractivity contribution in [1.29, 1.82) is 0 Å². The minimum atomic E-state index is -0.175. The molecule has 0 fully saturated rings. The molecule has 0 aliphatic carbocycles. The molecule has 1 unspecified atom stereocenters. The van der Waals surface area contributed by atoms with Crippen LogP contribution in [0.15, 0.2) is 24.3 Å². The van der Waals surface area contributed by atoms with Gasteiger partial charge in [0.1, 0.15) is 5.75 Å². The molecule has 4 heteroatoms. The Kier molecular flexibility index (Phi) is 5.57. The lowest BCUT2D eigenvalue weighted by Crippen LogP contribution is -2.38. The molecular formula is C16H26N2O2. The highest BCUT2D eigenvalue weighted by Crippen LogP contribution is 2.26. The van der Waals surface area contributed by atoms with Crippen LogP contribution < -0.4 is 5.73 Å². The lowest BCUT2D eigenvalue weighted by molar-refractivity contribution is -0.135. The van der Waals surface area contributed by atoms with E-state index in [-0.39, 0.29) is 23.0 Å². The van der Waals surface area contributed by atoms with Crippen LogP contribution in [0.2, 0.25) is 0 Å². The van der Waals surface area contributed by atoms with E-state index in [9.17, 15) is 9.90 Å². The van der Waals surface area contributed by atoms with Crippen LogP contribution in [0.5, 0.6) is 5.75 Å². The Labute approximate surface area is 121 Å². The molecule has 0 heterocycles. The summed E-state index contributed by atoms with van der Waals surface area (Å²) in [6, 6.07) is 7.06. The van der Waals surface area contributed by atoms with Gasteiger partial charge < -0.3 is 15.7 Å². The molecular weight excluding hydrogens is 252 g/mol. The van der Waals surface area contributed by atoms with Gasteiger partial charge in [-0.15, -0.1) is 0 Å². The molecule has 1 amide bonds. The van der Waals surface area contributed by atoms with Crippen LogP contribution in [0, 0.1) is 11.3 Å². The Morgan fingerprint density at radius 3 is 2.45 bits per heavy atom. The van der Waals surface area contributed by atoms with E-state index in [4.69, 9.17) is 5.73 Å². The van der Waals surface area contributed by atoms with Crippen molar-refractivity contribution in [3.05, 3.63) is 29.8 Å². The molecule has 0 radical (unpaired) electrons. The largest absolute Gasteiger partial charge is 0.508 e. The number of phenols is 1. The van der Waals surface area contributed by atoms with Crippen LogP contribution >= 0.6 is 0 Å². The molecule has 1 rings (SSSR count). The van der Waals surface area contributed by atoms with Crippen LogP contribution in [0.25, 0.3) is 0 Å². The van der Waals surface area contributed by atoms with Crippen molar-refractivity contribution in [2.75, 3.05) is 13.6 Å². The number of amides is 1. The fourth-order valence-electron chi connectivity index (χ4n) is 2.30. The molecule has 0 aromatic heterocycles. The summed E-state index contributed by atoms with van der Waals surface area (Å²) < 4.78 is 0. The number of rotatable bonds is 5. The number of nitrogens with two attached hydrogens (primary N) is 1. The average molecular weight is 278 g/mol. The van der Waals surface area contributed by atoms with Crippen molar-refractivity contribution >= 4 is 5.91 Å². The second-order valence-electron chi connectivity index (χ2n) is 6.52. The van der Waals surface area contributed by atoms with E-state index in [1.807, 2.05) is 12.1 Å². The summed E-state index contributed by atoms with van der Waals surface area (Å²) in [6.45, 7) is 7.05. The van der Waals surface area contributed by atoms with Gasteiger partial charge in [-0.3, -0.25) is 4.79 Å². The van der Waals surface area contributed by atoms with E-state index >= 15 is 0 Å². The molecule has 0 spiro atoms. The molecule has 20 heavy (non-hydrogen) atoms. The van der Waals surface area contributed by atoms with Gasteiger partial charge in [-0.05, 0) is 17.9 Å². The summed E-state index contributed by atoms with van der Waals surface area (Å²) in [6.07, 6.45) is 0.757. The van der Waals surface area contributed by atoms with E-state index in [1.165, 1.54) is 0 Å². The number of hydrogen-bond donors (Lipinski definition) is 2. The highest BCUT2D eigenvalue weighted by atomic mass is 16.3. The van der Waals surface area contributed by atoms with E-state index in [0.717, 1.165) is 12.0 Å². The Morgan fingerprint density at radius 2 is 1.95 bits per heavy atom. The molecule has 112 valence electrons. The van der Waals surface area contributed by atoms with Gasteiger partial charge in [0.2, 0.25) is 5.91 Å². The third-order valence-electron chi connectivity index (χ3n) is 3.27. The van der Waals surface area contributed by atoms with Crippen molar-refractivity contribution < 1.29 is 9.90 Å². The standard InChI is InChI=1S/C16H26N2O2/c1-16(2,3)9-13(10-17)15(20)18(4)11-12-7-5-6-8-14(12)19/h5-8,13,19H,9-11,17H2,1-4H3. The van der Waals surface area contributed by atoms with E-state index < -0.39 is 0 Å². The summed E-state index contributed by atoms with van der Waals surface area (Å²) >= 11 is 0. The first-order valence-electron chi connectivity index (χ1n) is 6.96. The number of hydrogen-bond acceptors (Lipinski definition) is 3. The third kappa shape index (κ3) is 4.85. The minimum Gasteiger partial charge on any atom is -0.508 e. The van der Waals surface area contributed by atoms with Crippen molar-refractivity contribution in [2.45, 2.75) is 33.7 Å². The summed E-state index contributed by atoms with van der Waals surface area (Å²) in [5, 5.41) is 9.76. The molecule has 0 saturated carbocycles. The van der Waals surface area contributed by atoms with Crippen LogP contribution in [0.1, 0.15) is 32.8 Å². The maximum Gasteiger partial charge on any atom is 0.227 e. The van der Waals surface area contributed by atoms with Crippen molar-refractivity contribution in [1.82, 2.24) is 4.90 Å². The number of nitrogens with zero attached hydrogens (tertiary/aromatic N) is 1. The monoisotopic (exact) mass is 278 g/mol. The second-order valence-corrected chi connectivity index (χ2v) is 6.52. The SMILES string of the molecule is CN(Cc1ccccc1O)C(=O)C(CN)CC(C)(C)C. The predicted molar refractivity (Wildman–Crippen MR) is 81.2 cm³/mol. The van der Waals surface area contributed by atoms with Crippen molar-refractivity contribution in [2.24, 2.45) is 17.1 Å². The third-order valence-corrected chi connectivity index (χ3v) is 3.27. The number of carbonyl (C=O) groups is 1. The molecule has 3 N–H and O–H groups in total. The highest BCUT2D eigenvalue weighted by molar-refractivity contribution is 5.79. The van der Waals surface area contributed by atoms with E-state index in [1.54, 1.807) is 24.1 Å². The first kappa shape index (κ1) is 16.5. The molecule has 0 aliphatic rings. The van der Waals surface area contributed by atoms with E-state index in [0.29, 0.717) is 13.1 Å². The first-order valence-corrected chi connectivity index (χ1v) is 6.96. The van der Waals surface area contributed by atoms with Gasteiger partial charge in [0, 0.05) is 25.7 Å². The van der Waals surface area contributed by atoms with Crippen LogP contribution in [0.3, 0.4) is 0 Å². The zero-order valence-corrected chi connectivity index (χ0v) is 12.9. The molecule has 0 aliphatic heterocycles. The number of phenolic OH excluding ortho intramolecular Hbond substituents is 1. The second kappa shape index (κ2) is 6.75. The van der Waals surface area contributed by atoms with Gasteiger partial charge >= 0.3 is 0 Å². The van der Waals surface area contributed by atoms with Gasteiger partial charge in [-0.25, -0.2) is 0 Å². The Bertz CT molecular complexity index is 452. The van der Waals surface area contributed by atoms with Crippen LogP contribution in [0.4, 0.5) is 0 Å². The Hall–Kier alpha value is -1.55. The van der Waals surface area contributed by atoms with Crippen molar-refractivity contribution in [3.8, 4) is 5.75 Å². The fraction of sp³-hybridized carbons (Fsp3) is 0.562. The molecule has 0 bridgehead atoms. The van der Waals surface area contributed by atoms with Gasteiger partial charge in [0.05, 0.1) is 5.92 Å². The minimum absolute atomic E-state index is 0.0330. The quantitative estimate of drug-likeness (QED) is 0.869. The van der Waals surface area contributed by atoms with Gasteiger partial charge in [0.25, 0.3) is 0 Å². The van der Waals surface area contributed by atoms with Gasteiger partial charge in [-0.2, -0.15) is 0 Å². The maximum absolute atomic E-state index is 12.4. The fourth-order valence-corrected chi connectivity index (χ4v) is 2.30. The normalized spacial score (nSPS) is 13.1. The lowest BCUT2D eigenvalue weighted by Gasteiger charge is -2.28. The highest BCUT2D eigenvalue weighted by Gasteiger charge is 2.26. The number of carbonyl (C=O) groups excluding carboxylic acids is 1. The van der Waals surface area contributed by atoms with E-state index in [2.05, 4.69) is 20.8 Å². The van der Waals surface area contributed by atoms with Gasteiger partial charge in [0.15, 0.2) is 0 Å².